The Morgan fingerprint density at radius 2 is 1.86 bits per heavy atom. The number of carbonyl (C=O) groups excluding carboxylic acids is 1. The minimum atomic E-state index is 0.127. The smallest absolute Gasteiger partial charge is 0.187 e. The van der Waals surface area contributed by atoms with Crippen LogP contribution >= 0.6 is 0 Å². The molecule has 3 aliphatic rings. The maximum absolute atomic E-state index is 13.4. The molecule has 0 spiro atoms. The number of aryl methyl sites for hydroxylation is 1. The first-order valence-electron chi connectivity index (χ1n) is 10.6. The van der Waals surface area contributed by atoms with Crippen LogP contribution in [0.5, 0.6) is 0 Å². The maximum Gasteiger partial charge on any atom is 0.187 e. The number of allylic oxidation sites excluding steroid dienone is 8. The fraction of sp³-hybridized carbons (Fsp3) is 0.250. The summed E-state index contributed by atoms with van der Waals surface area (Å²) in [5.74, 6) is 0.678. The van der Waals surface area contributed by atoms with Crippen LogP contribution in [0.4, 0.5) is 0 Å². The third-order valence-electron chi connectivity index (χ3n) is 6.80. The van der Waals surface area contributed by atoms with E-state index in [0.717, 1.165) is 29.5 Å². The second-order valence-corrected chi connectivity index (χ2v) is 8.44. The topological polar surface area (TPSA) is 17.1 Å². The Labute approximate surface area is 173 Å². The van der Waals surface area contributed by atoms with Crippen molar-refractivity contribution >= 4 is 11.4 Å². The molecule has 144 valence electrons. The zero-order valence-corrected chi connectivity index (χ0v) is 17.3. The van der Waals surface area contributed by atoms with Gasteiger partial charge in [-0.2, -0.15) is 0 Å². The Morgan fingerprint density at radius 1 is 1.03 bits per heavy atom. The molecule has 1 heteroatoms. The first kappa shape index (κ1) is 18.1. The number of benzene rings is 2. The van der Waals surface area contributed by atoms with E-state index in [0.29, 0.717) is 5.92 Å². The summed E-state index contributed by atoms with van der Waals surface area (Å²) in [5, 5.41) is 0. The summed E-state index contributed by atoms with van der Waals surface area (Å²) in [5.41, 5.74) is 10.9. The van der Waals surface area contributed by atoms with Crippen molar-refractivity contribution in [2.24, 2.45) is 0 Å². The molecule has 0 saturated carbocycles. The highest BCUT2D eigenvalue weighted by molar-refractivity contribution is 6.15. The molecule has 1 nitrogen and oxygen atoms in total. The van der Waals surface area contributed by atoms with Gasteiger partial charge in [-0.15, -0.1) is 0 Å². The second kappa shape index (κ2) is 6.84. The van der Waals surface area contributed by atoms with Crippen molar-refractivity contribution in [3.63, 3.8) is 0 Å². The van der Waals surface area contributed by atoms with Crippen molar-refractivity contribution in [1.29, 1.82) is 0 Å². The van der Waals surface area contributed by atoms with Gasteiger partial charge in [0.15, 0.2) is 5.78 Å². The molecule has 0 amide bonds. The van der Waals surface area contributed by atoms with Gasteiger partial charge in [0.1, 0.15) is 0 Å². The van der Waals surface area contributed by atoms with E-state index < -0.39 is 0 Å². The molecule has 0 N–H and O–H groups in total. The monoisotopic (exact) mass is 378 g/mol. The molecule has 2 unspecified atom stereocenters. The fourth-order valence-electron chi connectivity index (χ4n) is 5.40. The van der Waals surface area contributed by atoms with Crippen molar-refractivity contribution < 1.29 is 4.79 Å². The van der Waals surface area contributed by atoms with Gasteiger partial charge in [0, 0.05) is 17.4 Å². The van der Waals surface area contributed by atoms with E-state index >= 15 is 0 Å². The second-order valence-electron chi connectivity index (χ2n) is 8.44. The predicted octanol–water partition coefficient (Wildman–Crippen LogP) is 7.05. The summed E-state index contributed by atoms with van der Waals surface area (Å²) in [6.45, 7) is 6.66. The molecule has 29 heavy (non-hydrogen) atoms. The van der Waals surface area contributed by atoms with Crippen molar-refractivity contribution in [2.75, 3.05) is 0 Å². The molecule has 0 bridgehead atoms. The molecule has 2 aromatic carbocycles. The number of fused-ring (bicyclic) bond motifs is 5. The first-order valence-corrected chi connectivity index (χ1v) is 10.6. The Morgan fingerprint density at radius 3 is 2.66 bits per heavy atom. The lowest BCUT2D eigenvalue weighted by Gasteiger charge is -2.35. The highest BCUT2D eigenvalue weighted by Gasteiger charge is 2.34. The summed E-state index contributed by atoms with van der Waals surface area (Å²) >= 11 is 0. The number of rotatable bonds is 2. The lowest BCUT2D eigenvalue weighted by Crippen LogP contribution is -2.22. The number of hydrogen-bond acceptors (Lipinski definition) is 1. The van der Waals surface area contributed by atoms with Gasteiger partial charge in [-0.3, -0.25) is 4.79 Å². The number of ketones is 1. The summed E-state index contributed by atoms with van der Waals surface area (Å²) < 4.78 is 0. The molecule has 3 aliphatic carbocycles. The van der Waals surface area contributed by atoms with Crippen LogP contribution in [0.2, 0.25) is 0 Å². The Bertz CT molecular complexity index is 1150. The van der Waals surface area contributed by atoms with Crippen LogP contribution < -0.4 is 0 Å². The average Bonchev–Trinajstić information content (AvgIpc) is 2.73. The maximum atomic E-state index is 13.4. The van der Waals surface area contributed by atoms with Gasteiger partial charge in [0.2, 0.25) is 0 Å². The third kappa shape index (κ3) is 2.72. The number of hydrogen-bond donors (Lipinski definition) is 0. The van der Waals surface area contributed by atoms with E-state index in [1.807, 2.05) is 6.08 Å². The molecule has 2 aromatic rings. The van der Waals surface area contributed by atoms with Crippen LogP contribution in [-0.2, 0) is 0 Å². The van der Waals surface area contributed by atoms with Crippen LogP contribution in [0.3, 0.4) is 0 Å². The van der Waals surface area contributed by atoms with Crippen molar-refractivity contribution in [1.82, 2.24) is 0 Å². The summed E-state index contributed by atoms with van der Waals surface area (Å²) in [6.07, 6.45) is 12.6. The highest BCUT2D eigenvalue weighted by Crippen LogP contribution is 2.48. The van der Waals surface area contributed by atoms with Gasteiger partial charge in [0.05, 0.1) is 0 Å². The Hall–Kier alpha value is -2.93. The summed E-state index contributed by atoms with van der Waals surface area (Å²) in [7, 11) is 0. The normalized spacial score (nSPS) is 22.2. The van der Waals surface area contributed by atoms with Crippen LogP contribution in [-0.4, -0.2) is 5.78 Å². The lowest BCUT2D eigenvalue weighted by atomic mass is 9.68. The van der Waals surface area contributed by atoms with Gasteiger partial charge in [-0.25, -0.2) is 0 Å². The molecule has 0 aliphatic heterocycles. The van der Waals surface area contributed by atoms with Crippen molar-refractivity contribution in [3.8, 4) is 0 Å². The Balaban J connectivity index is 1.82. The zero-order chi connectivity index (χ0) is 20.1. The molecule has 5 rings (SSSR count). The van der Waals surface area contributed by atoms with Crippen LogP contribution in [0.1, 0.15) is 76.7 Å². The predicted molar refractivity (Wildman–Crippen MR) is 120 cm³/mol. The van der Waals surface area contributed by atoms with E-state index in [1.54, 1.807) is 0 Å². The quantitative estimate of drug-likeness (QED) is 0.512. The van der Waals surface area contributed by atoms with Gasteiger partial charge < -0.3 is 0 Å². The molecule has 0 fully saturated rings. The largest absolute Gasteiger partial charge is 0.289 e. The van der Waals surface area contributed by atoms with Crippen LogP contribution in [0, 0.1) is 6.92 Å². The average molecular weight is 379 g/mol. The van der Waals surface area contributed by atoms with Crippen molar-refractivity contribution in [3.05, 3.63) is 111 Å². The lowest BCUT2D eigenvalue weighted by molar-refractivity contribution is 0.104. The van der Waals surface area contributed by atoms with Gasteiger partial charge in [-0.1, -0.05) is 73.2 Å². The van der Waals surface area contributed by atoms with Gasteiger partial charge in [0.25, 0.3) is 0 Å². The van der Waals surface area contributed by atoms with E-state index in [4.69, 9.17) is 0 Å². The van der Waals surface area contributed by atoms with E-state index in [1.165, 1.54) is 33.4 Å². The minimum absolute atomic E-state index is 0.127. The molecule has 0 radical (unpaired) electrons. The van der Waals surface area contributed by atoms with E-state index in [9.17, 15) is 4.79 Å². The highest BCUT2D eigenvalue weighted by atomic mass is 16.1. The van der Waals surface area contributed by atoms with E-state index in [2.05, 4.69) is 81.5 Å². The molecular formula is C28H26O. The van der Waals surface area contributed by atoms with Crippen LogP contribution in [0.25, 0.3) is 5.57 Å². The Kier molecular flexibility index (Phi) is 4.28. The van der Waals surface area contributed by atoms with Gasteiger partial charge >= 0.3 is 0 Å². The minimum Gasteiger partial charge on any atom is -0.289 e. The standard InChI is InChI=1S/C28H26O/c1-4-20-18(3)15-25(21-11-7-5-9-17(21)2)27-23(20)13-14-24-22-12-8-6-10-19(22)16-26(29)28(24)27/h5-9,11-16,20,25H,4,10H2,1-3H3. The van der Waals surface area contributed by atoms with Crippen LogP contribution in [0.15, 0.2) is 77.9 Å². The first-order chi connectivity index (χ1) is 14.1. The third-order valence-corrected chi connectivity index (χ3v) is 6.80. The molecular weight excluding hydrogens is 352 g/mol. The SMILES string of the molecule is CCC1C(C)=CC(c2ccccc2C)c2c1ccc1c2C(=O)C=C2CC=CC=C21. The summed E-state index contributed by atoms with van der Waals surface area (Å²) in [4.78, 5) is 13.4. The molecule has 0 heterocycles. The molecule has 2 atom stereocenters. The van der Waals surface area contributed by atoms with Crippen molar-refractivity contribution in [2.45, 2.75) is 45.4 Å². The molecule has 0 saturated heterocycles. The van der Waals surface area contributed by atoms with Gasteiger partial charge in [-0.05, 0) is 71.7 Å². The number of carbonyl (C=O) groups is 1. The van der Waals surface area contributed by atoms with E-state index in [-0.39, 0.29) is 11.7 Å². The summed E-state index contributed by atoms with van der Waals surface area (Å²) in [6, 6.07) is 13.1. The zero-order valence-electron chi connectivity index (χ0n) is 17.3. The fourth-order valence-corrected chi connectivity index (χ4v) is 5.40. The molecule has 0 aromatic heterocycles.